The predicted molar refractivity (Wildman–Crippen MR) is 102 cm³/mol. The van der Waals surface area contributed by atoms with E-state index in [0.29, 0.717) is 0 Å². The fraction of sp³-hybridized carbons (Fsp3) is 0.143. The molecule has 1 aliphatic rings. The maximum Gasteiger partial charge on any atom is 0.142 e. The van der Waals surface area contributed by atoms with Crippen LogP contribution in [0.3, 0.4) is 0 Å². The molecule has 1 aromatic heterocycles. The van der Waals surface area contributed by atoms with Crippen LogP contribution in [0, 0.1) is 12.7 Å². The van der Waals surface area contributed by atoms with Crippen molar-refractivity contribution in [2.45, 2.75) is 20.3 Å². The molecule has 1 aromatic carbocycles. The van der Waals surface area contributed by atoms with E-state index in [1.807, 2.05) is 43.5 Å². The fourth-order valence-corrected chi connectivity index (χ4v) is 2.47. The summed E-state index contributed by atoms with van der Waals surface area (Å²) in [5.41, 5.74) is 5.81. The second-order valence-electron chi connectivity index (χ2n) is 5.98. The van der Waals surface area contributed by atoms with Crippen molar-refractivity contribution in [3.05, 3.63) is 89.8 Å². The molecule has 0 aliphatic carbocycles. The number of anilines is 1. The SMILES string of the molecule is C/C(=C\C=C(\Nc1ccc(C)cc1)C1=NC=CC1)c1cncc(F)c1. The second kappa shape index (κ2) is 7.71. The third-order valence-electron chi connectivity index (χ3n) is 3.95. The summed E-state index contributed by atoms with van der Waals surface area (Å²) in [4.78, 5) is 8.32. The Labute approximate surface area is 147 Å². The van der Waals surface area contributed by atoms with E-state index in [1.165, 1.54) is 17.8 Å². The topological polar surface area (TPSA) is 37.3 Å². The molecule has 0 saturated carbocycles. The molecule has 0 saturated heterocycles. The lowest BCUT2D eigenvalue weighted by atomic mass is 10.1. The van der Waals surface area contributed by atoms with Gasteiger partial charge in [-0.3, -0.25) is 9.98 Å². The Morgan fingerprint density at radius 3 is 2.64 bits per heavy atom. The van der Waals surface area contributed by atoms with Gasteiger partial charge in [0.2, 0.25) is 0 Å². The largest absolute Gasteiger partial charge is 0.354 e. The van der Waals surface area contributed by atoms with Crippen molar-refractivity contribution in [3.8, 4) is 0 Å². The van der Waals surface area contributed by atoms with Crippen molar-refractivity contribution in [1.82, 2.24) is 4.98 Å². The van der Waals surface area contributed by atoms with E-state index in [4.69, 9.17) is 0 Å². The number of rotatable bonds is 5. The van der Waals surface area contributed by atoms with Crippen LogP contribution >= 0.6 is 0 Å². The van der Waals surface area contributed by atoms with Gasteiger partial charge in [0.15, 0.2) is 0 Å². The summed E-state index contributed by atoms with van der Waals surface area (Å²) in [7, 11) is 0. The number of aryl methyl sites for hydroxylation is 1. The first-order valence-corrected chi connectivity index (χ1v) is 8.17. The molecule has 2 aromatic rings. The molecule has 1 N–H and O–H groups in total. The summed E-state index contributed by atoms with van der Waals surface area (Å²) in [6, 6.07) is 9.69. The lowest BCUT2D eigenvalue weighted by Crippen LogP contribution is -2.09. The van der Waals surface area contributed by atoms with E-state index >= 15 is 0 Å². The molecule has 0 atom stereocenters. The maximum absolute atomic E-state index is 13.3. The standard InChI is InChI=1S/C21H20FN3/c1-15-5-8-19(9-6-15)25-21(20-4-3-11-24-20)10-7-16(2)17-12-18(22)14-23-13-17/h3,5-14,25H,4H2,1-2H3/b16-7+,21-10+. The van der Waals surface area contributed by atoms with E-state index in [1.54, 1.807) is 6.20 Å². The molecular formula is C21H20FN3. The van der Waals surface area contributed by atoms with Gasteiger partial charge in [-0.1, -0.05) is 29.8 Å². The van der Waals surface area contributed by atoms with Gasteiger partial charge in [0.05, 0.1) is 17.6 Å². The zero-order chi connectivity index (χ0) is 17.6. The number of hydrogen-bond acceptors (Lipinski definition) is 3. The van der Waals surface area contributed by atoms with Crippen LogP contribution < -0.4 is 5.32 Å². The number of aliphatic imine (C=N–C) groups is 1. The van der Waals surface area contributed by atoms with Gasteiger partial charge >= 0.3 is 0 Å². The average Bonchev–Trinajstić information content (AvgIpc) is 3.14. The summed E-state index contributed by atoms with van der Waals surface area (Å²) in [6.07, 6.45) is 11.4. The van der Waals surface area contributed by atoms with Crippen molar-refractivity contribution in [3.63, 3.8) is 0 Å². The highest BCUT2D eigenvalue weighted by Gasteiger charge is 2.09. The van der Waals surface area contributed by atoms with Gasteiger partial charge in [-0.25, -0.2) is 4.39 Å². The Hall–Kier alpha value is -3.01. The number of allylic oxidation sites excluding steroid dienone is 5. The number of nitrogens with zero attached hydrogens (tertiary/aromatic N) is 2. The predicted octanol–water partition coefficient (Wildman–Crippen LogP) is 5.29. The molecule has 0 bridgehead atoms. The third kappa shape index (κ3) is 4.51. The van der Waals surface area contributed by atoms with Crippen molar-refractivity contribution in [2.75, 3.05) is 5.32 Å². The van der Waals surface area contributed by atoms with Crippen LogP contribution in [0.1, 0.15) is 24.5 Å². The molecule has 0 fully saturated rings. The van der Waals surface area contributed by atoms with E-state index < -0.39 is 0 Å². The van der Waals surface area contributed by atoms with Crippen molar-refractivity contribution in [1.29, 1.82) is 0 Å². The van der Waals surface area contributed by atoms with Gasteiger partial charge in [0.1, 0.15) is 5.82 Å². The smallest absolute Gasteiger partial charge is 0.142 e. The minimum absolute atomic E-state index is 0.336. The Bertz CT molecular complexity index is 874. The number of pyridine rings is 1. The Morgan fingerprint density at radius 1 is 1.16 bits per heavy atom. The number of aromatic nitrogens is 1. The Balaban J connectivity index is 1.87. The number of benzene rings is 1. The number of halogens is 1. The Morgan fingerprint density at radius 2 is 1.96 bits per heavy atom. The molecule has 0 radical (unpaired) electrons. The van der Waals surface area contributed by atoms with Crippen LogP contribution in [0.4, 0.5) is 10.1 Å². The fourth-order valence-electron chi connectivity index (χ4n) is 2.47. The van der Waals surface area contributed by atoms with E-state index in [-0.39, 0.29) is 5.82 Å². The normalized spacial score (nSPS) is 14.6. The van der Waals surface area contributed by atoms with Crippen LogP contribution in [0.25, 0.3) is 5.57 Å². The van der Waals surface area contributed by atoms with E-state index in [9.17, 15) is 4.39 Å². The molecule has 126 valence electrons. The molecule has 0 unspecified atom stereocenters. The summed E-state index contributed by atoms with van der Waals surface area (Å²) in [6.45, 7) is 4.00. The van der Waals surface area contributed by atoms with Gasteiger partial charge in [-0.15, -0.1) is 0 Å². The van der Waals surface area contributed by atoms with Crippen LogP contribution in [0.5, 0.6) is 0 Å². The highest BCUT2D eigenvalue weighted by atomic mass is 19.1. The van der Waals surface area contributed by atoms with Crippen LogP contribution in [-0.2, 0) is 0 Å². The second-order valence-corrected chi connectivity index (χ2v) is 5.98. The van der Waals surface area contributed by atoms with Gasteiger partial charge in [-0.2, -0.15) is 0 Å². The minimum atomic E-state index is -0.336. The van der Waals surface area contributed by atoms with Gasteiger partial charge in [0.25, 0.3) is 0 Å². The first kappa shape index (κ1) is 16.8. The average molecular weight is 333 g/mol. The highest BCUT2D eigenvalue weighted by Crippen LogP contribution is 2.18. The minimum Gasteiger partial charge on any atom is -0.354 e. The van der Waals surface area contributed by atoms with Gasteiger partial charge in [0, 0.05) is 24.5 Å². The molecule has 3 nitrogen and oxygen atoms in total. The zero-order valence-corrected chi connectivity index (χ0v) is 14.3. The summed E-state index contributed by atoms with van der Waals surface area (Å²) < 4.78 is 13.3. The molecule has 1 aliphatic heterocycles. The quantitative estimate of drug-likeness (QED) is 0.755. The summed E-state index contributed by atoms with van der Waals surface area (Å²) in [5.74, 6) is -0.336. The molecule has 0 amide bonds. The highest BCUT2D eigenvalue weighted by molar-refractivity contribution is 6.05. The molecule has 2 heterocycles. The lowest BCUT2D eigenvalue weighted by molar-refractivity contribution is 0.621. The summed E-state index contributed by atoms with van der Waals surface area (Å²) >= 11 is 0. The third-order valence-corrected chi connectivity index (χ3v) is 3.95. The van der Waals surface area contributed by atoms with Crippen LogP contribution in [0.2, 0.25) is 0 Å². The molecular weight excluding hydrogens is 313 g/mol. The molecule has 25 heavy (non-hydrogen) atoms. The zero-order valence-electron chi connectivity index (χ0n) is 14.3. The van der Waals surface area contributed by atoms with Gasteiger partial charge in [-0.05, 0) is 49.3 Å². The van der Waals surface area contributed by atoms with Crippen LogP contribution in [0.15, 0.2) is 77.8 Å². The number of hydrogen-bond donors (Lipinski definition) is 1. The summed E-state index contributed by atoms with van der Waals surface area (Å²) in [5, 5.41) is 3.42. The lowest BCUT2D eigenvalue weighted by Gasteiger charge is -2.11. The van der Waals surface area contributed by atoms with E-state index in [0.717, 1.165) is 34.7 Å². The van der Waals surface area contributed by atoms with E-state index in [2.05, 4.69) is 34.3 Å². The first-order valence-electron chi connectivity index (χ1n) is 8.17. The van der Waals surface area contributed by atoms with Crippen LogP contribution in [-0.4, -0.2) is 10.7 Å². The molecule has 3 rings (SSSR count). The monoisotopic (exact) mass is 333 g/mol. The first-order chi connectivity index (χ1) is 12.1. The van der Waals surface area contributed by atoms with Crippen molar-refractivity contribution >= 4 is 17.0 Å². The van der Waals surface area contributed by atoms with Gasteiger partial charge < -0.3 is 5.32 Å². The Kier molecular flexibility index (Phi) is 5.19. The van der Waals surface area contributed by atoms with Crippen molar-refractivity contribution in [2.24, 2.45) is 4.99 Å². The maximum atomic E-state index is 13.3. The number of nitrogens with one attached hydrogen (secondary N) is 1. The van der Waals surface area contributed by atoms with Crippen molar-refractivity contribution < 1.29 is 4.39 Å². The molecule has 4 heteroatoms. The molecule has 0 spiro atoms.